The number of pyridine rings is 1. The Morgan fingerprint density at radius 3 is 2.47 bits per heavy atom. The number of aryl methyl sites for hydroxylation is 1. The fraction of sp³-hybridized carbons (Fsp3) is 0.467. The molecule has 0 aliphatic heterocycles. The van der Waals surface area contributed by atoms with Gasteiger partial charge in [-0.05, 0) is 39.3 Å². The van der Waals surface area contributed by atoms with Gasteiger partial charge in [0.05, 0.1) is 5.69 Å². The lowest BCUT2D eigenvalue weighted by Gasteiger charge is -2.20. The number of hydrogen-bond acceptors (Lipinski definition) is 4. The van der Waals surface area contributed by atoms with Crippen LogP contribution in [0.1, 0.15) is 38.3 Å². The van der Waals surface area contributed by atoms with Gasteiger partial charge in [0.25, 0.3) is 0 Å². The molecule has 0 saturated heterocycles. The van der Waals surface area contributed by atoms with Gasteiger partial charge in [0.15, 0.2) is 0 Å². The Balaban J connectivity index is 2.23. The average Bonchev–Trinajstić information content (AvgIpc) is 2.80. The molecule has 0 radical (unpaired) electrons. The van der Waals surface area contributed by atoms with Crippen molar-refractivity contribution in [2.24, 2.45) is 0 Å². The highest BCUT2D eigenvalue weighted by Gasteiger charge is 2.14. The van der Waals surface area contributed by atoms with Crippen LogP contribution in [0.15, 0.2) is 24.5 Å². The predicted octanol–water partition coefficient (Wildman–Crippen LogP) is 3.66. The van der Waals surface area contributed by atoms with Gasteiger partial charge in [-0.3, -0.25) is 4.98 Å². The molecule has 0 aliphatic carbocycles. The normalized spacial score (nSPS) is 11.8. The van der Waals surface area contributed by atoms with E-state index < -0.39 is 0 Å². The van der Waals surface area contributed by atoms with Gasteiger partial charge >= 0.3 is 0 Å². The minimum absolute atomic E-state index is 0.131. The van der Waals surface area contributed by atoms with Gasteiger partial charge in [0.2, 0.25) is 0 Å². The summed E-state index contributed by atoms with van der Waals surface area (Å²) in [5.41, 5.74) is 2.48. The van der Waals surface area contributed by atoms with E-state index in [9.17, 15) is 0 Å². The van der Waals surface area contributed by atoms with Crippen molar-refractivity contribution in [2.45, 2.75) is 46.2 Å². The fourth-order valence-electron chi connectivity index (χ4n) is 1.76. The van der Waals surface area contributed by atoms with Gasteiger partial charge in [-0.2, -0.15) is 0 Å². The molecule has 0 saturated carbocycles. The zero-order chi connectivity index (χ0) is 13.9. The largest absolute Gasteiger partial charge is 0.307 e. The highest BCUT2D eigenvalue weighted by Crippen LogP contribution is 2.28. The van der Waals surface area contributed by atoms with Crippen molar-refractivity contribution in [3.63, 3.8) is 0 Å². The Labute approximate surface area is 119 Å². The van der Waals surface area contributed by atoms with Gasteiger partial charge in [0.1, 0.15) is 5.01 Å². The molecule has 1 N–H and O–H groups in total. The first-order valence-corrected chi connectivity index (χ1v) is 7.45. The zero-order valence-electron chi connectivity index (χ0n) is 12.0. The van der Waals surface area contributed by atoms with E-state index >= 15 is 0 Å². The van der Waals surface area contributed by atoms with Crippen molar-refractivity contribution < 1.29 is 0 Å². The first kappa shape index (κ1) is 14.2. The van der Waals surface area contributed by atoms with Gasteiger partial charge in [-0.25, -0.2) is 4.98 Å². The van der Waals surface area contributed by atoms with E-state index in [4.69, 9.17) is 4.98 Å². The number of nitrogens with zero attached hydrogens (tertiary/aromatic N) is 2. The molecule has 19 heavy (non-hydrogen) atoms. The smallest absolute Gasteiger partial charge is 0.124 e. The monoisotopic (exact) mass is 275 g/mol. The van der Waals surface area contributed by atoms with Crippen molar-refractivity contribution >= 4 is 11.3 Å². The third-order valence-electron chi connectivity index (χ3n) is 2.82. The van der Waals surface area contributed by atoms with E-state index in [-0.39, 0.29) is 5.54 Å². The summed E-state index contributed by atoms with van der Waals surface area (Å²) in [6, 6.07) is 4.03. The standard InChI is InChI=1S/C15H21N3S/c1-5-12-13(10-17-15(2,3)4)19-14(18-12)11-6-8-16-9-7-11/h6-9,17H,5,10H2,1-4H3. The minimum atomic E-state index is 0.131. The van der Waals surface area contributed by atoms with E-state index in [0.717, 1.165) is 23.5 Å². The van der Waals surface area contributed by atoms with Crippen molar-refractivity contribution in [2.75, 3.05) is 0 Å². The lowest BCUT2D eigenvalue weighted by atomic mass is 10.1. The molecule has 0 aliphatic rings. The predicted molar refractivity (Wildman–Crippen MR) is 81.3 cm³/mol. The third kappa shape index (κ3) is 3.85. The molecule has 4 heteroatoms. The van der Waals surface area contributed by atoms with Crippen molar-refractivity contribution in [1.29, 1.82) is 0 Å². The Bertz CT molecular complexity index is 526. The first-order chi connectivity index (χ1) is 8.99. The maximum absolute atomic E-state index is 4.75. The zero-order valence-corrected chi connectivity index (χ0v) is 12.8. The third-order valence-corrected chi connectivity index (χ3v) is 3.97. The topological polar surface area (TPSA) is 37.8 Å². The first-order valence-electron chi connectivity index (χ1n) is 6.63. The van der Waals surface area contributed by atoms with E-state index in [1.54, 1.807) is 11.3 Å². The van der Waals surface area contributed by atoms with Crippen molar-refractivity contribution in [3.8, 4) is 10.6 Å². The summed E-state index contributed by atoms with van der Waals surface area (Å²) in [6.45, 7) is 9.59. The number of rotatable bonds is 4. The van der Waals surface area contributed by atoms with Crippen LogP contribution in [0.3, 0.4) is 0 Å². The number of thiazole rings is 1. The molecule has 102 valence electrons. The molecule has 0 aromatic carbocycles. The maximum Gasteiger partial charge on any atom is 0.124 e. The van der Waals surface area contributed by atoms with Gasteiger partial charge in [0, 0.05) is 34.9 Å². The van der Waals surface area contributed by atoms with Crippen LogP contribution in [0.4, 0.5) is 0 Å². The summed E-state index contributed by atoms with van der Waals surface area (Å²) in [6.07, 6.45) is 4.60. The second-order valence-corrected chi connectivity index (χ2v) is 6.67. The Hall–Kier alpha value is -1.26. The number of aromatic nitrogens is 2. The Kier molecular flexibility index (Phi) is 4.32. The van der Waals surface area contributed by atoms with Crippen molar-refractivity contribution in [1.82, 2.24) is 15.3 Å². The summed E-state index contributed by atoms with van der Waals surface area (Å²) in [7, 11) is 0. The Morgan fingerprint density at radius 1 is 1.21 bits per heavy atom. The van der Waals surface area contributed by atoms with E-state index in [1.165, 1.54) is 10.6 Å². The van der Waals surface area contributed by atoms with Crippen LogP contribution in [0.25, 0.3) is 10.6 Å². The summed E-state index contributed by atoms with van der Waals surface area (Å²) >= 11 is 1.78. The molecular formula is C15H21N3S. The van der Waals surface area contributed by atoms with Crippen LogP contribution < -0.4 is 5.32 Å². The Morgan fingerprint density at radius 2 is 1.89 bits per heavy atom. The highest BCUT2D eigenvalue weighted by atomic mass is 32.1. The summed E-state index contributed by atoms with van der Waals surface area (Å²) < 4.78 is 0. The molecule has 0 atom stereocenters. The summed E-state index contributed by atoms with van der Waals surface area (Å²) in [5, 5.41) is 4.62. The SMILES string of the molecule is CCc1nc(-c2ccncc2)sc1CNC(C)(C)C. The van der Waals surface area contributed by atoms with E-state index in [2.05, 4.69) is 38.0 Å². The molecule has 0 spiro atoms. The number of hydrogen-bond donors (Lipinski definition) is 1. The van der Waals surface area contributed by atoms with E-state index in [1.807, 2.05) is 24.5 Å². The van der Waals surface area contributed by atoms with Crippen LogP contribution in [0.2, 0.25) is 0 Å². The van der Waals surface area contributed by atoms with Gasteiger partial charge in [-0.15, -0.1) is 11.3 Å². The molecule has 2 aromatic rings. The summed E-state index contributed by atoms with van der Waals surface area (Å²) in [4.78, 5) is 10.1. The second kappa shape index (κ2) is 5.80. The summed E-state index contributed by atoms with van der Waals surface area (Å²) in [5.74, 6) is 0. The molecule has 2 aromatic heterocycles. The lowest BCUT2D eigenvalue weighted by Crippen LogP contribution is -2.35. The van der Waals surface area contributed by atoms with Crippen molar-refractivity contribution in [3.05, 3.63) is 35.1 Å². The van der Waals surface area contributed by atoms with Crippen LogP contribution >= 0.6 is 11.3 Å². The molecule has 0 amide bonds. The van der Waals surface area contributed by atoms with E-state index in [0.29, 0.717) is 0 Å². The fourth-order valence-corrected chi connectivity index (χ4v) is 2.86. The second-order valence-electron chi connectivity index (χ2n) is 5.58. The molecule has 0 unspecified atom stereocenters. The lowest BCUT2D eigenvalue weighted by molar-refractivity contribution is 0.425. The molecular weight excluding hydrogens is 254 g/mol. The highest BCUT2D eigenvalue weighted by molar-refractivity contribution is 7.15. The van der Waals surface area contributed by atoms with Crippen LogP contribution in [-0.4, -0.2) is 15.5 Å². The molecule has 2 heterocycles. The van der Waals surface area contributed by atoms with Gasteiger partial charge < -0.3 is 5.32 Å². The molecule has 0 fully saturated rings. The van der Waals surface area contributed by atoms with Gasteiger partial charge in [-0.1, -0.05) is 6.92 Å². The average molecular weight is 275 g/mol. The number of nitrogens with one attached hydrogen (secondary N) is 1. The van der Waals surface area contributed by atoms with Crippen LogP contribution in [0, 0.1) is 0 Å². The molecule has 0 bridgehead atoms. The van der Waals surface area contributed by atoms with Crippen LogP contribution in [-0.2, 0) is 13.0 Å². The minimum Gasteiger partial charge on any atom is -0.307 e. The van der Waals surface area contributed by atoms with Crippen LogP contribution in [0.5, 0.6) is 0 Å². The molecule has 2 rings (SSSR count). The maximum atomic E-state index is 4.75. The quantitative estimate of drug-likeness (QED) is 0.925. The molecule has 3 nitrogen and oxygen atoms in total.